The molecule has 0 aromatic heterocycles. The molecular formula is C18H25N3O3. The van der Waals surface area contributed by atoms with Gasteiger partial charge in [-0.3, -0.25) is 4.79 Å². The van der Waals surface area contributed by atoms with Crippen molar-refractivity contribution in [1.82, 2.24) is 4.90 Å². The molecule has 1 aromatic rings. The fraction of sp³-hybridized carbons (Fsp3) is 0.444. The van der Waals surface area contributed by atoms with E-state index in [-0.39, 0.29) is 5.57 Å². The molecule has 0 unspecified atom stereocenters. The van der Waals surface area contributed by atoms with Crippen LogP contribution in [0.25, 0.3) is 0 Å². The monoisotopic (exact) mass is 331 g/mol. The Kier molecular flexibility index (Phi) is 8.20. The van der Waals surface area contributed by atoms with Gasteiger partial charge in [-0.2, -0.15) is 5.26 Å². The van der Waals surface area contributed by atoms with Gasteiger partial charge >= 0.3 is 0 Å². The van der Waals surface area contributed by atoms with Gasteiger partial charge in [-0.1, -0.05) is 13.8 Å². The average molecular weight is 331 g/mol. The number of hydrogen-bond donors (Lipinski definition) is 1. The van der Waals surface area contributed by atoms with Gasteiger partial charge in [0.15, 0.2) is 0 Å². The molecule has 0 radical (unpaired) electrons. The number of anilines is 1. The minimum absolute atomic E-state index is 0.0572. The van der Waals surface area contributed by atoms with Crippen LogP contribution in [0.5, 0.6) is 11.5 Å². The van der Waals surface area contributed by atoms with E-state index < -0.39 is 5.91 Å². The Labute approximate surface area is 143 Å². The number of nitrogens with zero attached hydrogens (tertiary/aromatic N) is 2. The largest absolute Gasteiger partial charge is 0.497 e. The number of rotatable bonds is 9. The number of amides is 1. The lowest BCUT2D eigenvalue weighted by molar-refractivity contribution is -0.112. The van der Waals surface area contributed by atoms with E-state index >= 15 is 0 Å². The molecule has 0 saturated heterocycles. The van der Waals surface area contributed by atoms with Gasteiger partial charge in [-0.15, -0.1) is 0 Å². The van der Waals surface area contributed by atoms with E-state index in [1.165, 1.54) is 7.11 Å². The minimum Gasteiger partial charge on any atom is -0.497 e. The third kappa shape index (κ3) is 5.51. The zero-order valence-corrected chi connectivity index (χ0v) is 14.8. The van der Waals surface area contributed by atoms with Crippen molar-refractivity contribution in [3.8, 4) is 17.6 Å². The number of carbonyl (C=O) groups excluding carboxylic acids is 1. The summed E-state index contributed by atoms with van der Waals surface area (Å²) in [6.45, 7) is 5.72. The molecule has 0 heterocycles. The Balaban J connectivity index is 3.01. The smallest absolute Gasteiger partial charge is 0.267 e. The summed E-state index contributed by atoms with van der Waals surface area (Å²) < 4.78 is 10.4. The highest BCUT2D eigenvalue weighted by Gasteiger charge is 2.14. The van der Waals surface area contributed by atoms with Gasteiger partial charge in [0, 0.05) is 25.4 Å². The highest BCUT2D eigenvalue weighted by Crippen LogP contribution is 2.29. The van der Waals surface area contributed by atoms with Gasteiger partial charge in [0.1, 0.15) is 23.1 Å². The van der Waals surface area contributed by atoms with E-state index in [1.54, 1.807) is 31.5 Å². The molecule has 0 bridgehead atoms. The van der Waals surface area contributed by atoms with E-state index in [1.807, 2.05) is 11.0 Å². The van der Waals surface area contributed by atoms with Crippen LogP contribution < -0.4 is 14.8 Å². The van der Waals surface area contributed by atoms with Gasteiger partial charge in [0.2, 0.25) is 0 Å². The van der Waals surface area contributed by atoms with E-state index in [2.05, 4.69) is 19.2 Å². The molecule has 0 spiro atoms. The van der Waals surface area contributed by atoms with Crippen LogP contribution in [-0.2, 0) is 4.79 Å². The van der Waals surface area contributed by atoms with Crippen LogP contribution in [0.1, 0.15) is 26.7 Å². The molecule has 0 aliphatic heterocycles. The van der Waals surface area contributed by atoms with Gasteiger partial charge in [-0.25, -0.2) is 0 Å². The van der Waals surface area contributed by atoms with Crippen molar-refractivity contribution in [2.75, 3.05) is 32.6 Å². The molecule has 6 heteroatoms. The van der Waals surface area contributed by atoms with Crippen molar-refractivity contribution >= 4 is 11.6 Å². The third-order valence-corrected chi connectivity index (χ3v) is 3.35. The topological polar surface area (TPSA) is 74.6 Å². The molecule has 1 N–H and O–H groups in total. The zero-order valence-electron chi connectivity index (χ0n) is 14.8. The van der Waals surface area contributed by atoms with Crippen LogP contribution in [0.2, 0.25) is 0 Å². The van der Waals surface area contributed by atoms with Crippen LogP contribution in [0.3, 0.4) is 0 Å². The van der Waals surface area contributed by atoms with Crippen LogP contribution in [0, 0.1) is 11.3 Å². The van der Waals surface area contributed by atoms with E-state index in [0.717, 1.165) is 25.9 Å². The normalized spacial score (nSPS) is 10.7. The molecule has 1 rings (SSSR count). The summed E-state index contributed by atoms with van der Waals surface area (Å²) in [4.78, 5) is 14.4. The summed E-state index contributed by atoms with van der Waals surface area (Å²) in [5, 5.41) is 12.0. The number of nitriles is 1. The number of hydrogen-bond acceptors (Lipinski definition) is 5. The highest BCUT2D eigenvalue weighted by molar-refractivity contribution is 6.07. The highest BCUT2D eigenvalue weighted by atomic mass is 16.5. The van der Waals surface area contributed by atoms with Crippen molar-refractivity contribution in [2.45, 2.75) is 26.7 Å². The van der Waals surface area contributed by atoms with Crippen LogP contribution in [0.15, 0.2) is 30.0 Å². The fourth-order valence-electron chi connectivity index (χ4n) is 2.24. The second-order valence-electron chi connectivity index (χ2n) is 5.21. The molecule has 0 aliphatic rings. The molecule has 6 nitrogen and oxygen atoms in total. The lowest BCUT2D eigenvalue weighted by Crippen LogP contribution is -2.23. The summed E-state index contributed by atoms with van der Waals surface area (Å²) in [5.74, 6) is 0.619. The first kappa shape index (κ1) is 19.4. The van der Waals surface area contributed by atoms with Crippen LogP contribution in [0.4, 0.5) is 5.69 Å². The van der Waals surface area contributed by atoms with E-state index in [4.69, 9.17) is 9.47 Å². The SMILES string of the molecule is CCCN(/C=C(/C#N)C(=O)Nc1cc(OC)ccc1OC)CCC. The molecule has 130 valence electrons. The predicted molar refractivity (Wildman–Crippen MR) is 94.0 cm³/mol. The molecular weight excluding hydrogens is 306 g/mol. The third-order valence-electron chi connectivity index (χ3n) is 3.35. The first-order valence-electron chi connectivity index (χ1n) is 7.98. The summed E-state index contributed by atoms with van der Waals surface area (Å²) in [6.07, 6.45) is 3.51. The standard InChI is InChI=1S/C18H25N3O3/c1-5-9-21(10-6-2)13-14(12-19)18(22)20-16-11-15(23-3)7-8-17(16)24-4/h7-8,11,13H,5-6,9-10H2,1-4H3,(H,20,22)/b14-13-. The van der Waals surface area contributed by atoms with Gasteiger partial charge in [-0.05, 0) is 25.0 Å². The quantitative estimate of drug-likeness (QED) is 0.556. The first-order chi connectivity index (χ1) is 11.6. The Morgan fingerprint density at radius 1 is 1.25 bits per heavy atom. The summed E-state index contributed by atoms with van der Waals surface area (Å²) >= 11 is 0. The maximum atomic E-state index is 12.4. The van der Waals surface area contributed by atoms with Crippen molar-refractivity contribution in [1.29, 1.82) is 5.26 Å². The molecule has 0 saturated carbocycles. The van der Waals surface area contributed by atoms with E-state index in [0.29, 0.717) is 17.2 Å². The number of nitrogens with one attached hydrogen (secondary N) is 1. The maximum Gasteiger partial charge on any atom is 0.267 e. The molecule has 0 atom stereocenters. The van der Waals surface area contributed by atoms with Crippen molar-refractivity contribution in [3.05, 3.63) is 30.0 Å². The molecule has 1 aromatic carbocycles. The summed E-state index contributed by atoms with van der Waals surface area (Å²) in [5.41, 5.74) is 0.516. The number of carbonyl (C=O) groups is 1. The maximum absolute atomic E-state index is 12.4. The van der Waals surface area contributed by atoms with Crippen molar-refractivity contribution < 1.29 is 14.3 Å². The van der Waals surface area contributed by atoms with Gasteiger partial charge in [0.05, 0.1) is 19.9 Å². The minimum atomic E-state index is -0.471. The summed E-state index contributed by atoms with van der Waals surface area (Å²) in [7, 11) is 3.06. The number of benzene rings is 1. The number of ether oxygens (including phenoxy) is 2. The van der Waals surface area contributed by atoms with Crippen molar-refractivity contribution in [2.24, 2.45) is 0 Å². The molecule has 24 heavy (non-hydrogen) atoms. The van der Waals surface area contributed by atoms with Gasteiger partial charge < -0.3 is 19.7 Å². The van der Waals surface area contributed by atoms with Crippen molar-refractivity contribution in [3.63, 3.8) is 0 Å². The van der Waals surface area contributed by atoms with Gasteiger partial charge in [0.25, 0.3) is 5.91 Å². The first-order valence-corrected chi connectivity index (χ1v) is 7.98. The van der Waals surface area contributed by atoms with Crippen LogP contribution in [-0.4, -0.2) is 38.1 Å². The summed E-state index contributed by atoms with van der Waals surface area (Å²) in [6, 6.07) is 7.06. The average Bonchev–Trinajstić information content (AvgIpc) is 2.59. The second kappa shape index (κ2) is 10.2. The fourth-order valence-corrected chi connectivity index (χ4v) is 2.24. The zero-order chi connectivity index (χ0) is 17.9. The molecule has 1 amide bonds. The lowest BCUT2D eigenvalue weighted by Gasteiger charge is -2.19. The molecule has 0 fully saturated rings. The lowest BCUT2D eigenvalue weighted by atomic mass is 10.2. The Morgan fingerprint density at radius 3 is 2.42 bits per heavy atom. The predicted octanol–water partition coefficient (Wildman–Crippen LogP) is 3.17. The number of methoxy groups -OCH3 is 2. The molecule has 0 aliphatic carbocycles. The Hall–Kier alpha value is -2.68. The Bertz CT molecular complexity index is 614. The Morgan fingerprint density at radius 2 is 1.92 bits per heavy atom. The second-order valence-corrected chi connectivity index (χ2v) is 5.21. The van der Waals surface area contributed by atoms with Crippen LogP contribution >= 0.6 is 0 Å². The van der Waals surface area contributed by atoms with E-state index in [9.17, 15) is 10.1 Å².